The molecule has 0 aliphatic heterocycles. The third-order valence-corrected chi connectivity index (χ3v) is 6.93. The van der Waals surface area contributed by atoms with E-state index in [4.69, 9.17) is 4.74 Å². The van der Waals surface area contributed by atoms with Crippen LogP contribution in [0, 0.1) is 32.1 Å². The number of pyridine rings is 1. The minimum Gasteiger partial charge on any atom is -0.496 e. The molecule has 3 aromatic rings. The highest BCUT2D eigenvalue weighted by Gasteiger charge is 2.17. The zero-order valence-corrected chi connectivity index (χ0v) is 20.2. The Morgan fingerprint density at radius 3 is 2.64 bits per heavy atom. The van der Waals surface area contributed by atoms with Crippen molar-refractivity contribution in [2.24, 2.45) is 0 Å². The molecular formula is C25H22F2N2O2S2. The van der Waals surface area contributed by atoms with Gasteiger partial charge in [0.2, 0.25) is 0 Å². The van der Waals surface area contributed by atoms with Crippen LogP contribution in [0.1, 0.15) is 54.5 Å². The molecule has 0 aliphatic rings. The van der Waals surface area contributed by atoms with Crippen LogP contribution < -0.4 is 4.74 Å². The number of carbonyl (C=O) groups is 1. The quantitative estimate of drug-likeness (QED) is 0.194. The maximum Gasteiger partial charge on any atom is 0.280 e. The molecule has 2 aromatic heterocycles. The Morgan fingerprint density at radius 2 is 2.03 bits per heavy atom. The first-order valence-corrected chi connectivity index (χ1v) is 11.8. The molecule has 4 nitrogen and oxygen atoms in total. The largest absolute Gasteiger partial charge is 0.496 e. The summed E-state index contributed by atoms with van der Waals surface area (Å²) >= 11 is 2.79. The van der Waals surface area contributed by atoms with E-state index in [0.717, 1.165) is 20.9 Å². The second-order valence-corrected chi connectivity index (χ2v) is 9.77. The van der Waals surface area contributed by atoms with Gasteiger partial charge in [-0.25, -0.2) is 13.8 Å². The predicted molar refractivity (Wildman–Crippen MR) is 128 cm³/mol. The first-order chi connectivity index (χ1) is 15.7. The maximum atomic E-state index is 13.2. The van der Waals surface area contributed by atoms with Crippen LogP contribution in [0.15, 0.2) is 41.4 Å². The molecule has 170 valence electrons. The molecule has 0 fully saturated rings. The molecule has 0 amide bonds. The molecule has 1 aromatic carbocycles. The Balaban J connectivity index is 1.84. The highest BCUT2D eigenvalue weighted by atomic mass is 32.2. The highest BCUT2D eigenvalue weighted by molar-refractivity contribution is 7.98. The van der Waals surface area contributed by atoms with E-state index in [9.17, 15) is 18.8 Å². The number of hydrogen-bond donors (Lipinski definition) is 0. The molecule has 0 unspecified atom stereocenters. The minimum atomic E-state index is -2.72. The van der Waals surface area contributed by atoms with Crippen LogP contribution >= 0.6 is 23.1 Å². The maximum absolute atomic E-state index is 13.2. The van der Waals surface area contributed by atoms with Crippen molar-refractivity contribution in [1.82, 2.24) is 4.98 Å². The van der Waals surface area contributed by atoms with Crippen LogP contribution in [0.2, 0.25) is 0 Å². The topological polar surface area (TPSA) is 63.0 Å². The second kappa shape index (κ2) is 10.7. The number of hydrogen-bond acceptors (Lipinski definition) is 6. The summed E-state index contributed by atoms with van der Waals surface area (Å²) in [5.41, 5.74) is 2.69. The smallest absolute Gasteiger partial charge is 0.280 e. The first kappa shape index (κ1) is 24.6. The summed E-state index contributed by atoms with van der Waals surface area (Å²) in [6, 6.07) is 10.7. The molecule has 0 N–H and O–H groups in total. The van der Waals surface area contributed by atoms with Gasteiger partial charge in [0.25, 0.3) is 6.43 Å². The molecular weight excluding hydrogens is 462 g/mol. The summed E-state index contributed by atoms with van der Waals surface area (Å²) in [5.74, 6) is 0.913. The van der Waals surface area contributed by atoms with Crippen LogP contribution in [0.5, 0.6) is 5.75 Å². The molecule has 0 spiro atoms. The van der Waals surface area contributed by atoms with E-state index in [0.29, 0.717) is 22.6 Å². The summed E-state index contributed by atoms with van der Waals surface area (Å²) < 4.78 is 31.8. The average Bonchev–Trinajstić information content (AvgIpc) is 3.13. The third-order valence-electron chi connectivity index (χ3n) is 4.94. The van der Waals surface area contributed by atoms with Gasteiger partial charge in [-0.3, -0.25) is 4.79 Å². The summed E-state index contributed by atoms with van der Waals surface area (Å²) in [4.78, 5) is 18.6. The minimum absolute atomic E-state index is 0.0641. The van der Waals surface area contributed by atoms with Crippen LogP contribution in [0.25, 0.3) is 6.08 Å². The fourth-order valence-corrected chi connectivity index (χ4v) is 5.29. The van der Waals surface area contributed by atoms with E-state index in [1.54, 1.807) is 37.5 Å². The number of nitrogens with zero attached hydrogens (tertiary/aromatic N) is 2. The number of nitriles is 1. The van der Waals surface area contributed by atoms with Crippen LogP contribution in [-0.2, 0) is 5.75 Å². The summed E-state index contributed by atoms with van der Waals surface area (Å²) in [6.07, 6.45) is 0.563. The number of alkyl halides is 2. The van der Waals surface area contributed by atoms with Gasteiger partial charge in [0, 0.05) is 26.6 Å². The number of halogens is 2. The van der Waals surface area contributed by atoms with Crippen molar-refractivity contribution in [1.29, 1.82) is 5.26 Å². The van der Waals surface area contributed by atoms with Crippen LogP contribution in [-0.4, -0.2) is 17.9 Å². The number of carbonyl (C=O) groups excluding carboxylic acids is 1. The van der Waals surface area contributed by atoms with Gasteiger partial charge in [-0.1, -0.05) is 12.1 Å². The normalized spacial score (nSPS) is 11.2. The van der Waals surface area contributed by atoms with E-state index in [1.165, 1.54) is 23.9 Å². The highest BCUT2D eigenvalue weighted by Crippen LogP contribution is 2.32. The number of ether oxygens (including phenoxy) is 1. The molecule has 0 atom stereocenters. The lowest BCUT2D eigenvalue weighted by Gasteiger charge is -2.12. The van der Waals surface area contributed by atoms with E-state index in [2.05, 4.69) is 11.1 Å². The molecule has 3 rings (SSSR count). The Labute approximate surface area is 199 Å². The summed E-state index contributed by atoms with van der Waals surface area (Å²) in [5, 5.41) is 9.71. The van der Waals surface area contributed by atoms with Gasteiger partial charge in [-0.15, -0.1) is 23.1 Å². The fourth-order valence-electron chi connectivity index (χ4n) is 3.32. The number of ketones is 1. The molecule has 2 heterocycles. The Kier molecular flexibility index (Phi) is 8.01. The number of benzene rings is 1. The van der Waals surface area contributed by atoms with Crippen molar-refractivity contribution in [2.45, 2.75) is 38.0 Å². The van der Waals surface area contributed by atoms with Gasteiger partial charge >= 0.3 is 0 Å². The standard InChI is InChI=1S/C25H22F2N2O2S2/c1-14-9-21(24(26)27)29-25(20(14)12-28)32-13-18-11-17(6-8-23(18)31-4)5-7-22(30)19-10-15(2)33-16(19)3/h5-11,24H,13H2,1-4H3/b7-5+. The van der Waals surface area contributed by atoms with Crippen molar-refractivity contribution < 1.29 is 18.3 Å². The van der Waals surface area contributed by atoms with E-state index in [-0.39, 0.29) is 22.1 Å². The van der Waals surface area contributed by atoms with Crippen LogP contribution in [0.4, 0.5) is 8.78 Å². The van der Waals surface area contributed by atoms with E-state index < -0.39 is 6.43 Å². The number of methoxy groups -OCH3 is 1. The number of thioether (sulfide) groups is 1. The molecule has 0 aliphatic carbocycles. The average molecular weight is 485 g/mol. The van der Waals surface area contributed by atoms with Crippen molar-refractivity contribution in [3.63, 3.8) is 0 Å². The van der Waals surface area contributed by atoms with Crippen molar-refractivity contribution >= 4 is 35.0 Å². The molecule has 0 radical (unpaired) electrons. The number of allylic oxidation sites excluding steroid dienone is 1. The van der Waals surface area contributed by atoms with Gasteiger partial charge in [0.05, 0.1) is 12.7 Å². The van der Waals surface area contributed by atoms with E-state index in [1.807, 2.05) is 32.0 Å². The van der Waals surface area contributed by atoms with Crippen molar-refractivity contribution in [3.8, 4) is 11.8 Å². The fraction of sp³-hybridized carbons (Fsp3) is 0.240. The molecule has 0 saturated carbocycles. The monoisotopic (exact) mass is 484 g/mol. The lowest BCUT2D eigenvalue weighted by molar-refractivity contribution is 0.104. The summed E-state index contributed by atoms with van der Waals surface area (Å²) in [7, 11) is 1.55. The number of rotatable bonds is 8. The van der Waals surface area contributed by atoms with Gasteiger partial charge in [0.1, 0.15) is 22.5 Å². The van der Waals surface area contributed by atoms with Crippen LogP contribution in [0.3, 0.4) is 0 Å². The third kappa shape index (κ3) is 5.86. The molecule has 8 heteroatoms. The predicted octanol–water partition coefficient (Wildman–Crippen LogP) is 7.07. The molecule has 0 bridgehead atoms. The number of aryl methyl sites for hydroxylation is 3. The lowest BCUT2D eigenvalue weighted by atomic mass is 10.1. The molecule has 0 saturated heterocycles. The summed E-state index contributed by atoms with van der Waals surface area (Å²) in [6.45, 7) is 5.52. The Bertz CT molecular complexity index is 1260. The first-order valence-electron chi connectivity index (χ1n) is 10.0. The lowest BCUT2D eigenvalue weighted by Crippen LogP contribution is -1.99. The van der Waals surface area contributed by atoms with E-state index >= 15 is 0 Å². The zero-order chi connectivity index (χ0) is 24.1. The Hall–Kier alpha value is -3.02. The number of thiophene rings is 1. The van der Waals surface area contributed by atoms with Gasteiger partial charge in [-0.05, 0) is 62.2 Å². The number of aromatic nitrogens is 1. The van der Waals surface area contributed by atoms with Gasteiger partial charge in [-0.2, -0.15) is 5.26 Å². The zero-order valence-electron chi connectivity index (χ0n) is 18.6. The van der Waals surface area contributed by atoms with Crippen molar-refractivity contribution in [3.05, 3.63) is 79.7 Å². The van der Waals surface area contributed by atoms with Gasteiger partial charge in [0.15, 0.2) is 5.78 Å². The van der Waals surface area contributed by atoms with Gasteiger partial charge < -0.3 is 4.74 Å². The SMILES string of the molecule is COc1ccc(/C=C/C(=O)c2cc(C)sc2C)cc1CSc1nc(C(F)F)cc(C)c1C#N. The second-order valence-electron chi connectivity index (χ2n) is 7.34. The molecule has 33 heavy (non-hydrogen) atoms. The Morgan fingerprint density at radius 1 is 1.27 bits per heavy atom. The van der Waals surface area contributed by atoms with Crippen molar-refractivity contribution in [2.75, 3.05) is 7.11 Å².